The summed E-state index contributed by atoms with van der Waals surface area (Å²) in [5, 5.41) is 12.5. The van der Waals surface area contributed by atoms with E-state index in [1.165, 1.54) is 17.0 Å². The molecule has 6 nitrogen and oxygen atoms in total. The van der Waals surface area contributed by atoms with E-state index in [1.807, 2.05) is 23.9 Å². The molecule has 1 aliphatic heterocycles. The second-order valence-electron chi connectivity index (χ2n) is 5.33. The molecule has 7 heteroatoms. The number of benzene rings is 1. The maximum Gasteiger partial charge on any atom is 0.353 e. The van der Waals surface area contributed by atoms with E-state index in [2.05, 4.69) is 10.1 Å². The zero-order valence-corrected chi connectivity index (χ0v) is 12.4. The summed E-state index contributed by atoms with van der Waals surface area (Å²) < 4.78 is 1.19. The molecule has 1 atom stereocenters. The van der Waals surface area contributed by atoms with Crippen LogP contribution in [0.3, 0.4) is 0 Å². The van der Waals surface area contributed by atoms with E-state index < -0.39 is 5.97 Å². The van der Waals surface area contributed by atoms with Gasteiger partial charge in [-0.3, -0.25) is 9.89 Å². The number of carboxylic acid groups (broad SMARTS) is 1. The smallest absolute Gasteiger partial charge is 0.353 e. The average Bonchev–Trinajstić information content (AvgIpc) is 3.16. The van der Waals surface area contributed by atoms with Gasteiger partial charge in [-0.05, 0) is 30.2 Å². The number of aromatic amines is 1. The fraction of sp³-hybridized carbons (Fsp3) is 0.267. The van der Waals surface area contributed by atoms with Gasteiger partial charge in [0.2, 0.25) is 0 Å². The number of aromatic nitrogens is 3. The quantitative estimate of drug-likeness (QED) is 0.758. The van der Waals surface area contributed by atoms with Crippen LogP contribution >= 0.6 is 11.8 Å². The highest BCUT2D eigenvalue weighted by Crippen LogP contribution is 2.41. The van der Waals surface area contributed by atoms with Crippen molar-refractivity contribution in [3.8, 4) is 0 Å². The van der Waals surface area contributed by atoms with Crippen molar-refractivity contribution >= 4 is 34.3 Å². The molecule has 1 aromatic carbocycles. The van der Waals surface area contributed by atoms with Crippen LogP contribution < -0.4 is 5.56 Å². The van der Waals surface area contributed by atoms with Crippen molar-refractivity contribution in [2.45, 2.75) is 18.1 Å². The highest BCUT2D eigenvalue weighted by molar-refractivity contribution is 7.99. The van der Waals surface area contributed by atoms with Crippen molar-refractivity contribution < 1.29 is 9.90 Å². The van der Waals surface area contributed by atoms with Gasteiger partial charge in [0.25, 0.3) is 5.56 Å². The molecule has 1 fully saturated rings. The van der Waals surface area contributed by atoms with Crippen LogP contribution in [-0.4, -0.2) is 31.4 Å². The highest BCUT2D eigenvalue weighted by atomic mass is 32.2. The van der Waals surface area contributed by atoms with E-state index in [9.17, 15) is 9.59 Å². The van der Waals surface area contributed by atoms with Gasteiger partial charge in [0.15, 0.2) is 5.65 Å². The third kappa shape index (κ3) is 1.93. The molecule has 4 rings (SSSR count). The van der Waals surface area contributed by atoms with Crippen LogP contribution in [0.5, 0.6) is 0 Å². The van der Waals surface area contributed by atoms with Crippen LogP contribution in [0, 0.1) is 0 Å². The maximum atomic E-state index is 12.6. The Balaban J connectivity index is 2.04. The number of rotatable bonds is 2. The molecule has 3 heterocycles. The molecule has 0 bridgehead atoms. The molecule has 112 valence electrons. The molecule has 0 aliphatic carbocycles. The summed E-state index contributed by atoms with van der Waals surface area (Å²) in [4.78, 5) is 28.2. The number of H-pyrrole nitrogens is 1. The summed E-state index contributed by atoms with van der Waals surface area (Å²) in [5.41, 5.74) is 1.78. The zero-order chi connectivity index (χ0) is 15.3. The molecule has 1 unspecified atom stereocenters. The van der Waals surface area contributed by atoms with Gasteiger partial charge in [-0.15, -0.1) is 0 Å². The van der Waals surface area contributed by atoms with Gasteiger partial charge in [-0.2, -0.15) is 11.8 Å². The van der Waals surface area contributed by atoms with Crippen LogP contribution in [0.4, 0.5) is 0 Å². The number of carbonyl (C=O) groups is 1. The van der Waals surface area contributed by atoms with E-state index in [0.717, 1.165) is 17.7 Å². The monoisotopic (exact) mass is 315 g/mol. The first-order valence-corrected chi connectivity index (χ1v) is 8.09. The number of hydrogen-bond donors (Lipinski definition) is 2. The Bertz CT molecular complexity index is 954. The number of hydrogen-bond acceptors (Lipinski definition) is 4. The molecule has 3 aromatic rings. The van der Waals surface area contributed by atoms with Gasteiger partial charge < -0.3 is 5.11 Å². The van der Waals surface area contributed by atoms with Gasteiger partial charge in [-0.25, -0.2) is 14.3 Å². The highest BCUT2D eigenvalue weighted by Gasteiger charge is 2.22. The van der Waals surface area contributed by atoms with E-state index in [0.29, 0.717) is 21.8 Å². The topological polar surface area (TPSA) is 87.5 Å². The van der Waals surface area contributed by atoms with Crippen LogP contribution in [0.25, 0.3) is 16.6 Å². The fourth-order valence-electron chi connectivity index (χ4n) is 2.93. The Morgan fingerprint density at radius 2 is 2.32 bits per heavy atom. The van der Waals surface area contributed by atoms with Crippen LogP contribution in [0.2, 0.25) is 0 Å². The minimum Gasteiger partial charge on any atom is -0.477 e. The summed E-state index contributed by atoms with van der Waals surface area (Å²) in [7, 11) is 0. The first-order valence-electron chi connectivity index (χ1n) is 7.04. The van der Waals surface area contributed by atoms with Crippen molar-refractivity contribution in [1.29, 1.82) is 0 Å². The van der Waals surface area contributed by atoms with Crippen LogP contribution in [0.1, 0.15) is 34.1 Å². The molecule has 2 N–H and O–H groups in total. The Morgan fingerprint density at radius 3 is 3.05 bits per heavy atom. The van der Waals surface area contributed by atoms with E-state index >= 15 is 0 Å². The Hall–Kier alpha value is -2.28. The van der Waals surface area contributed by atoms with Gasteiger partial charge in [-0.1, -0.05) is 12.1 Å². The summed E-state index contributed by atoms with van der Waals surface area (Å²) >= 11 is 1.88. The van der Waals surface area contributed by atoms with Gasteiger partial charge >= 0.3 is 5.97 Å². The summed E-state index contributed by atoms with van der Waals surface area (Å²) in [5.74, 6) is 0.0100. The molecular weight excluding hydrogens is 302 g/mol. The van der Waals surface area contributed by atoms with Crippen molar-refractivity contribution in [3.05, 3.63) is 45.9 Å². The summed E-state index contributed by atoms with van der Waals surface area (Å²) in [6.07, 6.45) is 2.25. The van der Waals surface area contributed by atoms with E-state index in [1.54, 1.807) is 6.07 Å². The minimum absolute atomic E-state index is 0.0447. The molecule has 0 amide bonds. The average molecular weight is 315 g/mol. The molecule has 1 aliphatic rings. The summed E-state index contributed by atoms with van der Waals surface area (Å²) in [6.45, 7) is 0. The Kier molecular flexibility index (Phi) is 2.97. The van der Waals surface area contributed by atoms with Crippen molar-refractivity contribution in [2.75, 3.05) is 5.75 Å². The minimum atomic E-state index is -1.11. The number of para-hydroxylation sites is 1. The normalized spacial score (nSPS) is 18.3. The number of fused-ring (bicyclic) bond motifs is 2. The molecular formula is C15H13N3O3S. The second-order valence-corrected chi connectivity index (χ2v) is 6.64. The van der Waals surface area contributed by atoms with Crippen LogP contribution in [0.15, 0.2) is 29.1 Å². The molecule has 1 saturated heterocycles. The molecule has 0 radical (unpaired) electrons. The first kappa shape index (κ1) is 13.4. The lowest BCUT2D eigenvalue weighted by molar-refractivity contribution is 0.0690. The number of aromatic carboxylic acids is 1. The van der Waals surface area contributed by atoms with E-state index in [4.69, 9.17) is 5.11 Å². The first-order chi connectivity index (χ1) is 10.6. The second kappa shape index (κ2) is 4.88. The SMILES string of the molecule is O=C(O)c1cc2nc3c(C4CCCS4)cccc3c(=O)n2[nH]1. The lowest BCUT2D eigenvalue weighted by Crippen LogP contribution is -2.16. The number of carboxylic acids is 1. The summed E-state index contributed by atoms with van der Waals surface area (Å²) in [6, 6.07) is 7.01. The molecule has 0 spiro atoms. The molecule has 2 aromatic heterocycles. The van der Waals surface area contributed by atoms with Crippen molar-refractivity contribution in [3.63, 3.8) is 0 Å². The predicted octanol–water partition coefficient (Wildman–Crippen LogP) is 2.44. The number of nitrogens with one attached hydrogen (secondary N) is 1. The Labute approximate surface area is 129 Å². The predicted molar refractivity (Wildman–Crippen MR) is 84.7 cm³/mol. The van der Waals surface area contributed by atoms with Crippen molar-refractivity contribution in [1.82, 2.24) is 14.6 Å². The van der Waals surface area contributed by atoms with Crippen molar-refractivity contribution in [2.24, 2.45) is 0 Å². The third-order valence-electron chi connectivity index (χ3n) is 3.97. The number of thioether (sulfide) groups is 1. The van der Waals surface area contributed by atoms with Crippen LogP contribution in [-0.2, 0) is 0 Å². The molecule has 0 saturated carbocycles. The maximum absolute atomic E-state index is 12.6. The lowest BCUT2D eigenvalue weighted by Gasteiger charge is -2.11. The Morgan fingerprint density at radius 1 is 1.45 bits per heavy atom. The third-order valence-corrected chi connectivity index (χ3v) is 5.39. The van der Waals surface area contributed by atoms with E-state index in [-0.39, 0.29) is 11.3 Å². The van der Waals surface area contributed by atoms with Gasteiger partial charge in [0, 0.05) is 11.3 Å². The number of nitrogens with zero attached hydrogens (tertiary/aromatic N) is 2. The fourth-order valence-corrected chi connectivity index (χ4v) is 4.25. The zero-order valence-electron chi connectivity index (χ0n) is 11.6. The van der Waals surface area contributed by atoms with Gasteiger partial charge in [0.05, 0.1) is 10.9 Å². The van der Waals surface area contributed by atoms with Gasteiger partial charge in [0.1, 0.15) is 5.69 Å². The largest absolute Gasteiger partial charge is 0.477 e. The lowest BCUT2D eigenvalue weighted by atomic mass is 10.0. The molecule has 22 heavy (non-hydrogen) atoms. The standard InChI is InChI=1S/C15H13N3O3S/c19-14-9-4-1-3-8(11-5-2-6-22-11)13(9)16-12-7-10(15(20)21)17-18(12)14/h1,3-4,7,11,17H,2,5-6H2,(H,20,21).